The van der Waals surface area contributed by atoms with E-state index in [0.717, 1.165) is 0 Å². The van der Waals surface area contributed by atoms with Crippen LogP contribution < -0.4 is 0 Å². The summed E-state index contributed by atoms with van der Waals surface area (Å²) in [6.45, 7) is 4.32. The quantitative estimate of drug-likeness (QED) is 0.574. The predicted octanol–water partition coefficient (Wildman–Crippen LogP) is 3.02. The zero-order valence-corrected chi connectivity index (χ0v) is 11.0. The lowest BCUT2D eigenvalue weighted by Gasteiger charge is -2.34. The molecular formula is C6H9Br3O2. The zero-order chi connectivity index (χ0) is 9.12. The highest BCUT2D eigenvalue weighted by atomic mass is 79.9. The maximum absolute atomic E-state index is 10.1. The van der Waals surface area contributed by atoms with Crippen LogP contribution in [0.5, 0.6) is 0 Å². The molecule has 11 heavy (non-hydrogen) atoms. The van der Waals surface area contributed by atoms with Gasteiger partial charge in [-0.3, -0.25) is 4.79 Å². The highest BCUT2D eigenvalue weighted by molar-refractivity contribution is 9.25. The first kappa shape index (κ1) is 11.9. The third-order valence-corrected chi connectivity index (χ3v) is 5.24. The number of ether oxygens (including phenoxy) is 1. The molecule has 2 nitrogen and oxygen atoms in total. The van der Waals surface area contributed by atoms with Crippen molar-refractivity contribution in [3.05, 3.63) is 0 Å². The number of halogens is 3. The fourth-order valence-electron chi connectivity index (χ4n) is 0.298. The van der Waals surface area contributed by atoms with E-state index in [-0.39, 0.29) is 5.41 Å². The minimum atomic E-state index is -0.793. The number of carbonyl (C=O) groups excluding carboxylic acids is 1. The fraction of sp³-hybridized carbons (Fsp3) is 0.833. The first-order chi connectivity index (χ1) is 4.87. The van der Waals surface area contributed by atoms with E-state index in [1.807, 2.05) is 13.8 Å². The molecule has 0 saturated carbocycles. The molecule has 0 aliphatic heterocycles. The molecule has 0 amide bonds. The summed E-state index contributed by atoms with van der Waals surface area (Å²) in [4.78, 5) is 10.1. The van der Waals surface area contributed by atoms with Crippen molar-refractivity contribution >= 4 is 54.3 Å². The van der Waals surface area contributed by atoms with E-state index in [9.17, 15) is 4.79 Å². The lowest BCUT2D eigenvalue weighted by Crippen LogP contribution is -2.37. The molecule has 0 fully saturated rings. The molecule has 0 bridgehead atoms. The van der Waals surface area contributed by atoms with Crippen molar-refractivity contribution in [2.75, 3.05) is 5.33 Å². The summed E-state index contributed by atoms with van der Waals surface area (Å²) in [7, 11) is 0. The lowest BCUT2D eigenvalue weighted by atomic mass is 9.98. The van der Waals surface area contributed by atoms with Gasteiger partial charge in [-0.1, -0.05) is 29.8 Å². The molecule has 0 unspecified atom stereocenters. The second-order valence-electron chi connectivity index (χ2n) is 2.75. The first-order valence-electron chi connectivity index (χ1n) is 2.92. The van der Waals surface area contributed by atoms with Crippen LogP contribution >= 0.6 is 47.8 Å². The van der Waals surface area contributed by atoms with Crippen molar-refractivity contribution in [2.24, 2.45) is 5.41 Å². The van der Waals surface area contributed by atoms with Crippen LogP contribution in [-0.4, -0.2) is 15.2 Å². The smallest absolute Gasteiger partial charge is 0.295 e. The Balaban J connectivity index is 4.38. The van der Waals surface area contributed by atoms with E-state index < -0.39 is 3.42 Å². The number of hydrogen-bond acceptors (Lipinski definition) is 2. The minimum absolute atomic E-state index is 0.214. The summed E-state index contributed by atoms with van der Waals surface area (Å²) in [6, 6.07) is 0. The second-order valence-corrected chi connectivity index (χ2v) is 6.61. The number of alkyl halides is 3. The van der Waals surface area contributed by atoms with Gasteiger partial charge in [-0.05, 0) is 31.9 Å². The highest BCUT2D eigenvalue weighted by Crippen LogP contribution is 2.45. The molecule has 0 saturated heterocycles. The molecule has 0 heterocycles. The molecule has 0 aliphatic rings. The standard InChI is InChI=1S/C6H9Br3O2/c1-5(2,3-7)6(8,9)11-4-10/h4H,3H2,1-2H3. The van der Waals surface area contributed by atoms with E-state index in [4.69, 9.17) is 4.74 Å². The molecule has 0 radical (unpaired) electrons. The van der Waals surface area contributed by atoms with Crippen LogP contribution in [0.1, 0.15) is 13.8 Å². The number of carbonyl (C=O) groups is 1. The second kappa shape index (κ2) is 4.23. The highest BCUT2D eigenvalue weighted by Gasteiger charge is 2.42. The normalized spacial score (nSPS) is 12.8. The third-order valence-electron chi connectivity index (χ3n) is 1.32. The Kier molecular flexibility index (Phi) is 4.58. The van der Waals surface area contributed by atoms with Crippen LogP contribution in [0, 0.1) is 5.41 Å². The summed E-state index contributed by atoms with van der Waals surface area (Å²) in [6.07, 6.45) is 0. The molecule has 0 aromatic carbocycles. The van der Waals surface area contributed by atoms with Gasteiger partial charge in [0.2, 0.25) is 3.42 Å². The van der Waals surface area contributed by atoms with Gasteiger partial charge >= 0.3 is 0 Å². The van der Waals surface area contributed by atoms with Gasteiger partial charge < -0.3 is 4.74 Å². The first-order valence-corrected chi connectivity index (χ1v) is 5.63. The van der Waals surface area contributed by atoms with Crippen LogP contribution in [0.15, 0.2) is 0 Å². The van der Waals surface area contributed by atoms with Crippen molar-refractivity contribution in [1.29, 1.82) is 0 Å². The van der Waals surface area contributed by atoms with E-state index in [1.165, 1.54) is 0 Å². The Morgan fingerprint density at radius 2 is 1.91 bits per heavy atom. The molecule has 0 spiro atoms. The Morgan fingerprint density at radius 1 is 1.45 bits per heavy atom. The molecule has 66 valence electrons. The zero-order valence-electron chi connectivity index (χ0n) is 6.23. The van der Waals surface area contributed by atoms with E-state index >= 15 is 0 Å². The van der Waals surface area contributed by atoms with Crippen molar-refractivity contribution in [2.45, 2.75) is 17.3 Å². The monoisotopic (exact) mass is 350 g/mol. The summed E-state index contributed by atoms with van der Waals surface area (Å²) in [5.74, 6) is 0. The van der Waals surface area contributed by atoms with E-state index in [1.54, 1.807) is 0 Å². The SMILES string of the molecule is CC(C)(CBr)C(Br)(Br)OC=O. The number of rotatable bonds is 4. The minimum Gasteiger partial charge on any atom is -0.439 e. The Labute approximate surface area is 91.4 Å². The average Bonchev–Trinajstić information content (AvgIpc) is 1.87. The largest absolute Gasteiger partial charge is 0.439 e. The van der Waals surface area contributed by atoms with Gasteiger partial charge in [-0.25, -0.2) is 0 Å². The summed E-state index contributed by atoms with van der Waals surface area (Å²) >= 11 is 9.83. The van der Waals surface area contributed by atoms with Gasteiger partial charge in [-0.15, -0.1) is 0 Å². The van der Waals surface area contributed by atoms with E-state index in [0.29, 0.717) is 11.8 Å². The topological polar surface area (TPSA) is 26.3 Å². The van der Waals surface area contributed by atoms with Gasteiger partial charge in [-0.2, -0.15) is 0 Å². The molecule has 0 aliphatic carbocycles. The van der Waals surface area contributed by atoms with Gasteiger partial charge in [0, 0.05) is 10.7 Å². The molecule has 0 rings (SSSR count). The van der Waals surface area contributed by atoms with Crippen LogP contribution in [0.25, 0.3) is 0 Å². The molecule has 5 heteroatoms. The third kappa shape index (κ3) is 3.03. The summed E-state index contributed by atoms with van der Waals surface area (Å²) in [5.41, 5.74) is -0.214. The fourth-order valence-corrected chi connectivity index (χ4v) is 1.88. The van der Waals surface area contributed by atoms with Crippen LogP contribution in [0.4, 0.5) is 0 Å². The molecule has 0 aromatic rings. The van der Waals surface area contributed by atoms with Crippen molar-refractivity contribution in [1.82, 2.24) is 0 Å². The Morgan fingerprint density at radius 3 is 2.18 bits per heavy atom. The van der Waals surface area contributed by atoms with Crippen molar-refractivity contribution in [3.63, 3.8) is 0 Å². The Hall–Kier alpha value is 0.910. The van der Waals surface area contributed by atoms with Crippen molar-refractivity contribution in [3.8, 4) is 0 Å². The van der Waals surface area contributed by atoms with Gasteiger partial charge in [0.25, 0.3) is 6.47 Å². The molecule has 0 atom stereocenters. The maximum Gasteiger partial charge on any atom is 0.295 e. The average molecular weight is 353 g/mol. The van der Waals surface area contributed by atoms with Gasteiger partial charge in [0.05, 0.1) is 0 Å². The van der Waals surface area contributed by atoms with Gasteiger partial charge in [0.15, 0.2) is 0 Å². The molecule has 0 aromatic heterocycles. The number of hydrogen-bond donors (Lipinski definition) is 0. The van der Waals surface area contributed by atoms with Gasteiger partial charge in [0.1, 0.15) is 0 Å². The van der Waals surface area contributed by atoms with Crippen molar-refractivity contribution < 1.29 is 9.53 Å². The van der Waals surface area contributed by atoms with E-state index in [2.05, 4.69) is 47.8 Å². The van der Waals surface area contributed by atoms with Crippen LogP contribution in [0.2, 0.25) is 0 Å². The molecule has 0 N–H and O–H groups in total. The molecular weight excluding hydrogens is 344 g/mol. The maximum atomic E-state index is 10.1. The van der Waals surface area contributed by atoms with Crippen LogP contribution in [0.3, 0.4) is 0 Å². The summed E-state index contributed by atoms with van der Waals surface area (Å²) in [5, 5.41) is 0.713. The summed E-state index contributed by atoms with van der Waals surface area (Å²) < 4.78 is 4.01. The Bertz CT molecular complexity index is 145. The van der Waals surface area contributed by atoms with Crippen LogP contribution in [-0.2, 0) is 9.53 Å². The predicted molar refractivity (Wildman–Crippen MR) is 55.3 cm³/mol. The lowest BCUT2D eigenvalue weighted by molar-refractivity contribution is -0.134.